The summed E-state index contributed by atoms with van der Waals surface area (Å²) in [5, 5.41) is 11.8. The molecule has 2 amide bonds. The first-order chi connectivity index (χ1) is 11.6. The van der Waals surface area contributed by atoms with E-state index in [-0.39, 0.29) is 18.2 Å². The number of aryl methyl sites for hydroxylation is 1. The minimum Gasteiger partial charge on any atom is -0.324 e. The van der Waals surface area contributed by atoms with Crippen LogP contribution in [-0.2, 0) is 9.59 Å². The Morgan fingerprint density at radius 1 is 1.25 bits per heavy atom. The fraction of sp³-hybridized carbons (Fsp3) is 0.176. The van der Waals surface area contributed by atoms with Crippen LogP contribution in [0.5, 0.6) is 0 Å². The number of fused-ring (bicyclic) bond motifs is 2. The van der Waals surface area contributed by atoms with Crippen molar-refractivity contribution in [3.63, 3.8) is 0 Å². The number of carbonyl (C=O) groups excluding carboxylic acids is 2. The molecule has 0 bridgehead atoms. The van der Waals surface area contributed by atoms with Gasteiger partial charge in [-0.25, -0.2) is 4.68 Å². The van der Waals surface area contributed by atoms with E-state index in [1.54, 1.807) is 6.92 Å². The van der Waals surface area contributed by atoms with Gasteiger partial charge in [0.05, 0.1) is 6.42 Å². The summed E-state index contributed by atoms with van der Waals surface area (Å²) in [6.45, 7) is 1.72. The van der Waals surface area contributed by atoms with Gasteiger partial charge in [-0.05, 0) is 29.8 Å². The third-order valence-corrected chi connectivity index (χ3v) is 3.98. The molecule has 0 saturated heterocycles. The molecular formula is C17H15N5O2. The molecule has 2 heterocycles. The van der Waals surface area contributed by atoms with Crippen LogP contribution in [0, 0.1) is 6.92 Å². The van der Waals surface area contributed by atoms with Gasteiger partial charge in [0.1, 0.15) is 11.9 Å². The molecule has 1 aromatic heterocycles. The summed E-state index contributed by atoms with van der Waals surface area (Å²) in [7, 11) is 0. The predicted octanol–water partition coefficient (Wildman–Crippen LogP) is 2.26. The Labute approximate surface area is 137 Å². The molecule has 2 aromatic carbocycles. The molecule has 0 saturated carbocycles. The van der Waals surface area contributed by atoms with E-state index in [1.807, 2.05) is 42.5 Å². The highest BCUT2D eigenvalue weighted by atomic mass is 16.2. The van der Waals surface area contributed by atoms with Crippen molar-refractivity contribution in [3.05, 3.63) is 48.3 Å². The zero-order valence-corrected chi connectivity index (χ0v) is 13.0. The van der Waals surface area contributed by atoms with Gasteiger partial charge in [0.15, 0.2) is 0 Å². The zero-order valence-electron chi connectivity index (χ0n) is 13.0. The fourth-order valence-corrected chi connectivity index (χ4v) is 2.87. The zero-order chi connectivity index (χ0) is 16.7. The van der Waals surface area contributed by atoms with Crippen molar-refractivity contribution in [2.45, 2.75) is 19.4 Å². The van der Waals surface area contributed by atoms with E-state index in [4.69, 9.17) is 0 Å². The highest BCUT2D eigenvalue weighted by Gasteiger charge is 2.32. The number of amides is 2. The summed E-state index contributed by atoms with van der Waals surface area (Å²) >= 11 is 0. The van der Waals surface area contributed by atoms with Crippen LogP contribution in [0.3, 0.4) is 0 Å². The lowest BCUT2D eigenvalue weighted by Crippen LogP contribution is -2.36. The van der Waals surface area contributed by atoms with Crippen molar-refractivity contribution in [2.75, 3.05) is 10.6 Å². The van der Waals surface area contributed by atoms with Gasteiger partial charge >= 0.3 is 0 Å². The maximum Gasteiger partial charge on any atom is 0.249 e. The Morgan fingerprint density at radius 2 is 2.04 bits per heavy atom. The molecule has 4 rings (SSSR count). The Balaban J connectivity index is 1.62. The number of benzene rings is 2. The molecule has 0 unspecified atom stereocenters. The third-order valence-electron chi connectivity index (χ3n) is 3.98. The van der Waals surface area contributed by atoms with Crippen LogP contribution in [0.25, 0.3) is 10.8 Å². The molecular weight excluding hydrogens is 306 g/mol. The lowest BCUT2D eigenvalue weighted by Gasteiger charge is -2.22. The number of nitrogens with zero attached hydrogens (tertiary/aromatic N) is 3. The largest absolute Gasteiger partial charge is 0.324 e. The van der Waals surface area contributed by atoms with Crippen LogP contribution in [-0.4, -0.2) is 26.6 Å². The van der Waals surface area contributed by atoms with Crippen molar-refractivity contribution in [3.8, 4) is 0 Å². The second-order valence-electron chi connectivity index (χ2n) is 5.75. The summed E-state index contributed by atoms with van der Waals surface area (Å²) in [5.74, 6) is 0.290. The first-order valence-electron chi connectivity index (χ1n) is 7.63. The van der Waals surface area contributed by atoms with Crippen LogP contribution in [0.15, 0.2) is 42.5 Å². The Hall–Kier alpha value is -3.22. The van der Waals surface area contributed by atoms with E-state index in [0.29, 0.717) is 17.5 Å². The Kier molecular flexibility index (Phi) is 3.26. The molecule has 1 atom stereocenters. The topological polar surface area (TPSA) is 88.9 Å². The molecule has 3 aromatic rings. The summed E-state index contributed by atoms with van der Waals surface area (Å²) in [5.41, 5.74) is 0.683. The number of nitrogens with one attached hydrogen (secondary N) is 2. The van der Waals surface area contributed by atoms with Crippen molar-refractivity contribution < 1.29 is 9.59 Å². The monoisotopic (exact) mass is 321 g/mol. The SMILES string of the molecule is Cc1nc2n(n1)[C@H](C(=O)Nc1ccc3ccccc3c1)CC(=O)N2. The van der Waals surface area contributed by atoms with E-state index in [9.17, 15) is 9.59 Å². The van der Waals surface area contributed by atoms with Gasteiger partial charge in [0.2, 0.25) is 17.8 Å². The maximum atomic E-state index is 12.6. The number of hydrogen-bond donors (Lipinski definition) is 2. The summed E-state index contributed by atoms with van der Waals surface area (Å²) in [4.78, 5) is 28.6. The van der Waals surface area contributed by atoms with Crippen molar-refractivity contribution in [2.24, 2.45) is 0 Å². The number of hydrogen-bond acceptors (Lipinski definition) is 4. The second-order valence-corrected chi connectivity index (χ2v) is 5.75. The standard InChI is InChI=1S/C17H15N5O2/c1-10-18-17-20-15(23)9-14(22(17)21-10)16(24)19-13-7-6-11-4-2-3-5-12(11)8-13/h2-8,14H,9H2,1H3,(H,19,24)(H,18,20,21,23)/t14-/m0/s1. The number of carbonyl (C=O) groups is 2. The number of rotatable bonds is 2. The summed E-state index contributed by atoms with van der Waals surface area (Å²) in [6, 6.07) is 12.9. The molecule has 0 fully saturated rings. The van der Waals surface area contributed by atoms with E-state index in [1.165, 1.54) is 4.68 Å². The average Bonchev–Trinajstić information content (AvgIpc) is 2.93. The maximum absolute atomic E-state index is 12.6. The van der Waals surface area contributed by atoms with E-state index in [0.717, 1.165) is 10.8 Å². The Bertz CT molecular complexity index is 963. The molecule has 2 N–H and O–H groups in total. The van der Waals surface area contributed by atoms with Gasteiger partial charge in [-0.1, -0.05) is 30.3 Å². The van der Waals surface area contributed by atoms with Gasteiger partial charge in [-0.15, -0.1) is 0 Å². The molecule has 24 heavy (non-hydrogen) atoms. The van der Waals surface area contributed by atoms with E-state index in [2.05, 4.69) is 20.7 Å². The normalized spacial score (nSPS) is 16.5. The second kappa shape index (κ2) is 5.45. The lowest BCUT2D eigenvalue weighted by atomic mass is 10.1. The van der Waals surface area contributed by atoms with Crippen LogP contribution in [0.1, 0.15) is 18.3 Å². The van der Waals surface area contributed by atoms with Crippen molar-refractivity contribution >= 4 is 34.2 Å². The van der Waals surface area contributed by atoms with Crippen LogP contribution < -0.4 is 10.6 Å². The highest BCUT2D eigenvalue weighted by Crippen LogP contribution is 2.25. The van der Waals surface area contributed by atoms with Crippen molar-refractivity contribution in [1.29, 1.82) is 0 Å². The molecule has 7 nitrogen and oxygen atoms in total. The smallest absolute Gasteiger partial charge is 0.249 e. The predicted molar refractivity (Wildman–Crippen MR) is 89.6 cm³/mol. The molecule has 120 valence electrons. The van der Waals surface area contributed by atoms with Gasteiger partial charge in [-0.2, -0.15) is 10.1 Å². The molecule has 0 radical (unpaired) electrons. The van der Waals surface area contributed by atoms with Gasteiger partial charge < -0.3 is 5.32 Å². The first-order valence-corrected chi connectivity index (χ1v) is 7.63. The molecule has 1 aliphatic heterocycles. The molecule has 0 spiro atoms. The number of aromatic nitrogens is 3. The van der Waals surface area contributed by atoms with E-state index < -0.39 is 6.04 Å². The van der Waals surface area contributed by atoms with Crippen LogP contribution in [0.2, 0.25) is 0 Å². The summed E-state index contributed by atoms with van der Waals surface area (Å²) < 4.78 is 1.47. The molecule has 1 aliphatic rings. The van der Waals surface area contributed by atoms with Gasteiger partial charge in [0.25, 0.3) is 0 Å². The van der Waals surface area contributed by atoms with Crippen molar-refractivity contribution in [1.82, 2.24) is 14.8 Å². The van der Waals surface area contributed by atoms with Crippen LogP contribution >= 0.6 is 0 Å². The average molecular weight is 321 g/mol. The molecule has 0 aliphatic carbocycles. The Morgan fingerprint density at radius 3 is 2.88 bits per heavy atom. The first kappa shape index (κ1) is 14.4. The van der Waals surface area contributed by atoms with Crippen LogP contribution in [0.4, 0.5) is 11.6 Å². The minimum atomic E-state index is -0.707. The van der Waals surface area contributed by atoms with Gasteiger partial charge in [0, 0.05) is 5.69 Å². The van der Waals surface area contributed by atoms with Gasteiger partial charge in [-0.3, -0.25) is 14.9 Å². The number of anilines is 2. The highest BCUT2D eigenvalue weighted by molar-refractivity contribution is 6.01. The minimum absolute atomic E-state index is 0.0369. The quantitative estimate of drug-likeness (QED) is 0.758. The lowest BCUT2D eigenvalue weighted by molar-refractivity contribution is -0.125. The summed E-state index contributed by atoms with van der Waals surface area (Å²) in [6.07, 6.45) is 0.0369. The third kappa shape index (κ3) is 2.50. The molecule has 7 heteroatoms. The fourth-order valence-electron chi connectivity index (χ4n) is 2.87. The van der Waals surface area contributed by atoms with E-state index >= 15 is 0 Å².